The van der Waals surface area contributed by atoms with Crippen molar-refractivity contribution in [2.75, 3.05) is 5.73 Å². The summed E-state index contributed by atoms with van der Waals surface area (Å²) in [5.41, 5.74) is 6.50. The monoisotopic (exact) mass is 288 g/mol. The van der Waals surface area contributed by atoms with Crippen LogP contribution in [0.15, 0.2) is 58.6 Å². The summed E-state index contributed by atoms with van der Waals surface area (Å²) in [6.07, 6.45) is 3.31. The summed E-state index contributed by atoms with van der Waals surface area (Å²) in [6.45, 7) is 0. The molecule has 1 heterocycles. The predicted octanol–water partition coefficient (Wildman–Crippen LogP) is 4.25. The number of fused-ring (bicyclic) bond motifs is 1. The van der Waals surface area contributed by atoms with Gasteiger partial charge in [0, 0.05) is 33.7 Å². The molecule has 0 bridgehead atoms. The van der Waals surface area contributed by atoms with Gasteiger partial charge < -0.3 is 5.73 Å². The molecule has 0 aliphatic rings. The molecule has 0 saturated carbocycles. The molecule has 0 aliphatic carbocycles. The molecule has 0 aliphatic heterocycles. The Morgan fingerprint density at radius 3 is 2.65 bits per heavy atom. The molecule has 0 atom stereocenters. The van der Waals surface area contributed by atoms with E-state index in [2.05, 4.69) is 4.98 Å². The molecule has 0 spiro atoms. The van der Waals surface area contributed by atoms with Gasteiger partial charge in [-0.25, -0.2) is 8.78 Å². The fourth-order valence-corrected chi connectivity index (χ4v) is 2.95. The van der Waals surface area contributed by atoms with Gasteiger partial charge in [-0.15, -0.1) is 0 Å². The average Bonchev–Trinajstić information content (AvgIpc) is 2.46. The Balaban J connectivity index is 2.11. The summed E-state index contributed by atoms with van der Waals surface area (Å²) in [7, 11) is 0. The zero-order valence-electron chi connectivity index (χ0n) is 10.3. The Morgan fingerprint density at radius 1 is 0.950 bits per heavy atom. The minimum Gasteiger partial charge on any atom is -0.398 e. The molecule has 0 unspecified atom stereocenters. The predicted molar refractivity (Wildman–Crippen MR) is 76.6 cm³/mol. The summed E-state index contributed by atoms with van der Waals surface area (Å²) < 4.78 is 26.9. The quantitative estimate of drug-likeness (QED) is 0.717. The van der Waals surface area contributed by atoms with Crippen LogP contribution >= 0.6 is 11.8 Å². The fraction of sp³-hybridized carbons (Fsp3) is 0. The summed E-state index contributed by atoms with van der Waals surface area (Å²) in [5, 5.41) is 1.67. The van der Waals surface area contributed by atoms with E-state index in [0.717, 1.165) is 27.8 Å². The van der Waals surface area contributed by atoms with Crippen LogP contribution in [-0.4, -0.2) is 4.98 Å². The highest BCUT2D eigenvalue weighted by molar-refractivity contribution is 7.99. The van der Waals surface area contributed by atoms with Gasteiger partial charge in [0.05, 0.1) is 4.90 Å². The second kappa shape index (κ2) is 5.09. The Morgan fingerprint density at radius 2 is 1.80 bits per heavy atom. The lowest BCUT2D eigenvalue weighted by molar-refractivity contribution is 0.577. The third-order valence-electron chi connectivity index (χ3n) is 2.92. The lowest BCUT2D eigenvalue weighted by Gasteiger charge is -2.08. The van der Waals surface area contributed by atoms with Crippen LogP contribution in [0.3, 0.4) is 0 Å². The third-order valence-corrected chi connectivity index (χ3v) is 4.03. The minimum absolute atomic E-state index is 0.243. The molecule has 1 aromatic heterocycles. The van der Waals surface area contributed by atoms with Gasteiger partial charge in [0.25, 0.3) is 0 Å². The average molecular weight is 288 g/mol. The topological polar surface area (TPSA) is 38.9 Å². The Labute approximate surface area is 118 Å². The lowest BCUT2D eigenvalue weighted by atomic mass is 10.1. The maximum absolute atomic E-state index is 13.7. The van der Waals surface area contributed by atoms with Gasteiger partial charge in [0.2, 0.25) is 0 Å². The van der Waals surface area contributed by atoms with Crippen LogP contribution in [0.5, 0.6) is 0 Å². The van der Waals surface area contributed by atoms with E-state index >= 15 is 0 Å². The van der Waals surface area contributed by atoms with Gasteiger partial charge in [-0.1, -0.05) is 11.8 Å². The highest BCUT2D eigenvalue weighted by atomic mass is 32.2. The molecular formula is C15H10F2N2S. The normalized spacial score (nSPS) is 10.9. The second-order valence-corrected chi connectivity index (χ2v) is 5.33. The van der Waals surface area contributed by atoms with Crippen LogP contribution in [0.25, 0.3) is 10.8 Å². The van der Waals surface area contributed by atoms with Crippen molar-refractivity contribution < 1.29 is 8.78 Å². The van der Waals surface area contributed by atoms with Crippen LogP contribution in [0.2, 0.25) is 0 Å². The molecular weight excluding hydrogens is 278 g/mol. The Bertz CT molecular complexity index is 790. The van der Waals surface area contributed by atoms with E-state index in [4.69, 9.17) is 5.73 Å². The molecule has 100 valence electrons. The summed E-state index contributed by atoms with van der Waals surface area (Å²) in [5.74, 6) is -0.911. The van der Waals surface area contributed by atoms with Crippen molar-refractivity contribution in [3.8, 4) is 0 Å². The van der Waals surface area contributed by atoms with Crippen LogP contribution < -0.4 is 5.73 Å². The van der Waals surface area contributed by atoms with Crippen LogP contribution in [-0.2, 0) is 0 Å². The number of nitrogens with two attached hydrogens (primary N) is 1. The van der Waals surface area contributed by atoms with Gasteiger partial charge in [-0.3, -0.25) is 4.98 Å². The second-order valence-electron chi connectivity index (χ2n) is 4.25. The Hall–Kier alpha value is -2.14. The number of anilines is 1. The van der Waals surface area contributed by atoms with E-state index in [1.807, 2.05) is 6.07 Å². The highest BCUT2D eigenvalue weighted by Gasteiger charge is 2.10. The van der Waals surface area contributed by atoms with Crippen molar-refractivity contribution in [1.82, 2.24) is 4.98 Å². The van der Waals surface area contributed by atoms with Gasteiger partial charge in [-0.2, -0.15) is 0 Å². The van der Waals surface area contributed by atoms with Crippen LogP contribution in [0, 0.1) is 11.6 Å². The molecule has 5 heteroatoms. The Kier molecular flexibility index (Phi) is 3.28. The van der Waals surface area contributed by atoms with Crippen LogP contribution in [0.1, 0.15) is 0 Å². The lowest BCUT2D eigenvalue weighted by Crippen LogP contribution is -1.90. The van der Waals surface area contributed by atoms with Crippen molar-refractivity contribution in [2.45, 2.75) is 9.79 Å². The maximum atomic E-state index is 13.7. The zero-order chi connectivity index (χ0) is 14.1. The number of rotatable bonds is 2. The molecule has 0 radical (unpaired) electrons. The number of pyridine rings is 1. The molecule has 0 amide bonds. The molecule has 3 aromatic rings. The largest absolute Gasteiger partial charge is 0.398 e. The molecule has 2 N–H and O–H groups in total. The van der Waals surface area contributed by atoms with Crippen molar-refractivity contribution in [3.63, 3.8) is 0 Å². The van der Waals surface area contributed by atoms with E-state index in [1.165, 1.54) is 17.8 Å². The number of hydrogen-bond donors (Lipinski definition) is 1. The summed E-state index contributed by atoms with van der Waals surface area (Å²) in [4.78, 5) is 5.08. The third kappa shape index (κ3) is 2.32. The molecule has 0 saturated heterocycles. The van der Waals surface area contributed by atoms with E-state index in [1.54, 1.807) is 24.5 Å². The van der Waals surface area contributed by atoms with E-state index in [0.29, 0.717) is 5.69 Å². The summed E-state index contributed by atoms with van der Waals surface area (Å²) in [6, 6.07) is 8.76. The first-order valence-electron chi connectivity index (χ1n) is 5.90. The SMILES string of the molecule is Nc1ccc(Sc2cc(F)ccc2F)c2ccncc12. The van der Waals surface area contributed by atoms with Crippen molar-refractivity contribution in [1.29, 1.82) is 0 Å². The highest BCUT2D eigenvalue weighted by Crippen LogP contribution is 2.36. The standard InChI is InChI=1S/C15H10F2N2S/c16-9-1-2-12(17)15(7-9)20-14-4-3-13(18)11-8-19-6-5-10(11)14/h1-8H,18H2. The minimum atomic E-state index is -0.463. The van der Waals surface area contributed by atoms with E-state index < -0.39 is 11.6 Å². The van der Waals surface area contributed by atoms with Gasteiger partial charge in [-0.05, 0) is 36.4 Å². The number of hydrogen-bond acceptors (Lipinski definition) is 3. The summed E-state index contributed by atoms with van der Waals surface area (Å²) >= 11 is 1.17. The van der Waals surface area contributed by atoms with Crippen molar-refractivity contribution in [3.05, 3.63) is 60.4 Å². The fourth-order valence-electron chi connectivity index (χ4n) is 1.95. The first-order chi connectivity index (χ1) is 9.65. The molecule has 2 nitrogen and oxygen atoms in total. The first-order valence-corrected chi connectivity index (χ1v) is 6.72. The zero-order valence-corrected chi connectivity index (χ0v) is 11.1. The van der Waals surface area contributed by atoms with Crippen molar-refractivity contribution in [2.24, 2.45) is 0 Å². The molecule has 2 aromatic carbocycles. The number of aromatic nitrogens is 1. The first kappa shape index (κ1) is 12.9. The van der Waals surface area contributed by atoms with Gasteiger partial charge in [0.1, 0.15) is 11.6 Å². The van der Waals surface area contributed by atoms with Gasteiger partial charge >= 0.3 is 0 Å². The molecule has 0 fully saturated rings. The number of benzene rings is 2. The number of halogens is 2. The maximum Gasteiger partial charge on any atom is 0.137 e. The van der Waals surface area contributed by atoms with Crippen LogP contribution in [0.4, 0.5) is 14.5 Å². The smallest absolute Gasteiger partial charge is 0.137 e. The molecule has 20 heavy (non-hydrogen) atoms. The molecule has 3 rings (SSSR count). The van der Waals surface area contributed by atoms with Gasteiger partial charge in [0.15, 0.2) is 0 Å². The van der Waals surface area contributed by atoms with E-state index in [-0.39, 0.29) is 4.90 Å². The van der Waals surface area contributed by atoms with E-state index in [9.17, 15) is 8.78 Å². The number of nitrogen functional groups attached to an aromatic ring is 1. The number of nitrogens with zero attached hydrogens (tertiary/aromatic N) is 1. The van der Waals surface area contributed by atoms with Crippen molar-refractivity contribution >= 4 is 28.2 Å².